The van der Waals surface area contributed by atoms with Crippen LogP contribution in [0.25, 0.3) is 0 Å². The van der Waals surface area contributed by atoms with Crippen LogP contribution in [0.15, 0.2) is 11.0 Å². The summed E-state index contributed by atoms with van der Waals surface area (Å²) in [5, 5.41) is 0. The first kappa shape index (κ1) is 15.4. The van der Waals surface area contributed by atoms with E-state index in [2.05, 4.69) is 14.7 Å². The number of esters is 1. The van der Waals surface area contributed by atoms with Crippen molar-refractivity contribution >= 4 is 5.97 Å². The van der Waals surface area contributed by atoms with Crippen LogP contribution in [0.2, 0.25) is 0 Å². The summed E-state index contributed by atoms with van der Waals surface area (Å²) < 4.78 is 10.3. The molecule has 0 fully saturated rings. The maximum atomic E-state index is 11.9. The van der Waals surface area contributed by atoms with Gasteiger partial charge in [-0.15, -0.1) is 0 Å². The van der Waals surface area contributed by atoms with Gasteiger partial charge in [0.25, 0.3) is 5.56 Å². The number of carbonyl (C=O) groups is 1. The van der Waals surface area contributed by atoms with Crippen molar-refractivity contribution < 1.29 is 14.3 Å². The van der Waals surface area contributed by atoms with Crippen LogP contribution in [0.4, 0.5) is 0 Å². The molecular formula is C13H20N2O4. The van der Waals surface area contributed by atoms with Crippen molar-refractivity contribution in [2.45, 2.75) is 39.2 Å². The molecule has 6 heteroatoms. The van der Waals surface area contributed by atoms with E-state index in [-0.39, 0.29) is 5.56 Å². The van der Waals surface area contributed by atoms with Crippen molar-refractivity contribution in [2.24, 2.45) is 0 Å². The molecule has 0 aliphatic heterocycles. The summed E-state index contributed by atoms with van der Waals surface area (Å²) in [6, 6.07) is 0. The molecule has 0 spiro atoms. The third-order valence-corrected chi connectivity index (χ3v) is 3.20. The molecule has 6 nitrogen and oxygen atoms in total. The Hall–Kier alpha value is -1.69. The molecule has 0 atom stereocenters. The maximum absolute atomic E-state index is 11.9. The molecule has 0 amide bonds. The monoisotopic (exact) mass is 268 g/mol. The van der Waals surface area contributed by atoms with Crippen LogP contribution in [0.1, 0.15) is 49.8 Å². The lowest BCUT2D eigenvalue weighted by atomic mass is 9.96. The number of nitrogens with one attached hydrogen (secondary N) is 1. The number of hydrogen-bond donors (Lipinski definition) is 1. The summed E-state index contributed by atoms with van der Waals surface area (Å²) in [6.45, 7) is 6.34. The van der Waals surface area contributed by atoms with E-state index in [0.717, 1.165) is 0 Å². The SMILES string of the molecule is CCOC(CC)(CC)c1ncc(C(=O)OC)c(=O)[nH]1. The van der Waals surface area contributed by atoms with Crippen molar-refractivity contribution in [1.82, 2.24) is 9.97 Å². The molecule has 0 bridgehead atoms. The van der Waals surface area contributed by atoms with Crippen LogP contribution in [0, 0.1) is 0 Å². The van der Waals surface area contributed by atoms with Crippen molar-refractivity contribution in [1.29, 1.82) is 0 Å². The van der Waals surface area contributed by atoms with Crippen LogP contribution < -0.4 is 5.56 Å². The van der Waals surface area contributed by atoms with Gasteiger partial charge in [0.1, 0.15) is 17.0 Å². The van der Waals surface area contributed by atoms with Gasteiger partial charge in [-0.05, 0) is 19.8 Å². The van der Waals surface area contributed by atoms with E-state index in [1.807, 2.05) is 20.8 Å². The van der Waals surface area contributed by atoms with Gasteiger partial charge in [-0.1, -0.05) is 13.8 Å². The summed E-state index contributed by atoms with van der Waals surface area (Å²) in [4.78, 5) is 30.0. The molecule has 0 aromatic carbocycles. The van der Waals surface area contributed by atoms with Crippen molar-refractivity contribution in [3.63, 3.8) is 0 Å². The number of methoxy groups -OCH3 is 1. The van der Waals surface area contributed by atoms with Crippen LogP contribution >= 0.6 is 0 Å². The van der Waals surface area contributed by atoms with Gasteiger partial charge >= 0.3 is 5.97 Å². The van der Waals surface area contributed by atoms with Crippen LogP contribution in [-0.4, -0.2) is 29.7 Å². The fraction of sp³-hybridized carbons (Fsp3) is 0.615. The number of aromatic nitrogens is 2. The highest BCUT2D eigenvalue weighted by Crippen LogP contribution is 2.29. The minimum absolute atomic E-state index is 0.108. The lowest BCUT2D eigenvalue weighted by molar-refractivity contribution is -0.0573. The maximum Gasteiger partial charge on any atom is 0.345 e. The van der Waals surface area contributed by atoms with Gasteiger partial charge < -0.3 is 14.5 Å². The average molecular weight is 268 g/mol. The normalized spacial score (nSPS) is 11.4. The number of ether oxygens (including phenoxy) is 2. The highest BCUT2D eigenvalue weighted by molar-refractivity contribution is 5.88. The largest absolute Gasteiger partial charge is 0.465 e. The number of aromatic amines is 1. The highest BCUT2D eigenvalue weighted by Gasteiger charge is 2.32. The van der Waals surface area contributed by atoms with Crippen molar-refractivity contribution in [3.05, 3.63) is 27.9 Å². The predicted molar refractivity (Wildman–Crippen MR) is 70.1 cm³/mol. The second-order valence-corrected chi connectivity index (χ2v) is 4.10. The fourth-order valence-corrected chi connectivity index (χ4v) is 2.02. The van der Waals surface area contributed by atoms with E-state index in [4.69, 9.17) is 4.74 Å². The van der Waals surface area contributed by atoms with Gasteiger partial charge in [-0.2, -0.15) is 0 Å². The van der Waals surface area contributed by atoms with Gasteiger partial charge in [-0.25, -0.2) is 9.78 Å². The van der Waals surface area contributed by atoms with E-state index >= 15 is 0 Å². The fourth-order valence-electron chi connectivity index (χ4n) is 2.02. The smallest absolute Gasteiger partial charge is 0.345 e. The molecule has 19 heavy (non-hydrogen) atoms. The summed E-state index contributed by atoms with van der Waals surface area (Å²) >= 11 is 0. The average Bonchev–Trinajstić information content (AvgIpc) is 2.44. The molecule has 1 aromatic rings. The molecule has 1 aromatic heterocycles. The lowest BCUT2D eigenvalue weighted by Gasteiger charge is -2.30. The van der Waals surface area contributed by atoms with Crippen LogP contribution in [-0.2, 0) is 15.1 Å². The predicted octanol–water partition coefficient (Wildman–Crippen LogP) is 1.61. The first-order valence-corrected chi connectivity index (χ1v) is 6.36. The first-order valence-electron chi connectivity index (χ1n) is 6.36. The van der Waals surface area contributed by atoms with E-state index in [1.165, 1.54) is 13.3 Å². The second kappa shape index (κ2) is 6.47. The Labute approximate surface area is 112 Å². The van der Waals surface area contributed by atoms with Crippen molar-refractivity contribution in [3.8, 4) is 0 Å². The Balaban J connectivity index is 3.25. The molecular weight excluding hydrogens is 248 g/mol. The molecule has 0 aliphatic rings. The highest BCUT2D eigenvalue weighted by atomic mass is 16.5. The number of H-pyrrole nitrogens is 1. The number of rotatable bonds is 6. The second-order valence-electron chi connectivity index (χ2n) is 4.10. The van der Waals surface area contributed by atoms with Crippen LogP contribution in [0.5, 0.6) is 0 Å². The zero-order chi connectivity index (χ0) is 14.5. The summed E-state index contributed by atoms with van der Waals surface area (Å²) in [5.74, 6) is -0.257. The number of nitrogens with zero attached hydrogens (tertiary/aromatic N) is 1. The molecule has 106 valence electrons. The lowest BCUT2D eigenvalue weighted by Crippen LogP contribution is -2.34. The quantitative estimate of drug-likeness (QED) is 0.793. The van der Waals surface area contributed by atoms with Crippen molar-refractivity contribution in [2.75, 3.05) is 13.7 Å². The Morgan fingerprint density at radius 1 is 1.37 bits per heavy atom. The van der Waals surface area contributed by atoms with E-state index in [9.17, 15) is 9.59 Å². The molecule has 0 unspecified atom stereocenters. The standard InChI is InChI=1S/C13H20N2O4/c1-5-13(6-2,19-7-3)12-14-8-9(10(16)15-12)11(17)18-4/h8H,5-7H2,1-4H3,(H,14,15,16). The van der Waals surface area contributed by atoms with Crippen LogP contribution in [0.3, 0.4) is 0 Å². The van der Waals surface area contributed by atoms with Gasteiger partial charge in [0.15, 0.2) is 0 Å². The Morgan fingerprint density at radius 2 is 2.00 bits per heavy atom. The number of hydrogen-bond acceptors (Lipinski definition) is 5. The first-order chi connectivity index (χ1) is 9.04. The third-order valence-electron chi connectivity index (χ3n) is 3.20. The molecule has 0 aliphatic carbocycles. The molecule has 0 saturated heterocycles. The Kier molecular flexibility index (Phi) is 5.23. The van der Waals surface area contributed by atoms with Gasteiger partial charge in [0.05, 0.1) is 7.11 Å². The third kappa shape index (κ3) is 3.01. The molecule has 0 radical (unpaired) electrons. The van der Waals surface area contributed by atoms with Gasteiger partial charge in [0.2, 0.25) is 0 Å². The van der Waals surface area contributed by atoms with Gasteiger partial charge in [-0.3, -0.25) is 4.79 Å². The topological polar surface area (TPSA) is 81.3 Å². The summed E-state index contributed by atoms with van der Waals surface area (Å²) in [6.07, 6.45) is 2.59. The molecule has 1 rings (SSSR count). The van der Waals surface area contributed by atoms with Gasteiger partial charge in [0, 0.05) is 12.8 Å². The van der Waals surface area contributed by atoms with E-state index < -0.39 is 17.1 Å². The molecule has 1 N–H and O–H groups in total. The minimum Gasteiger partial charge on any atom is -0.465 e. The van der Waals surface area contributed by atoms with E-state index in [1.54, 1.807) is 0 Å². The summed E-state index contributed by atoms with van der Waals surface area (Å²) in [5.41, 5.74) is -1.24. The zero-order valence-electron chi connectivity index (χ0n) is 11.8. The van der Waals surface area contributed by atoms with E-state index in [0.29, 0.717) is 25.3 Å². The molecule has 1 heterocycles. The minimum atomic E-state index is -0.699. The Bertz CT molecular complexity index is 492. The number of carbonyl (C=O) groups excluding carboxylic acids is 1. The Morgan fingerprint density at radius 3 is 2.42 bits per heavy atom. The zero-order valence-corrected chi connectivity index (χ0v) is 11.8. The summed E-state index contributed by atoms with van der Waals surface area (Å²) in [7, 11) is 1.22. The molecule has 0 saturated carbocycles.